The molecule has 2 aliphatic heterocycles. The molecule has 9 heteroatoms. The molecule has 4 heterocycles. The highest BCUT2D eigenvalue weighted by molar-refractivity contribution is 7.99. The lowest BCUT2D eigenvalue weighted by atomic mass is 10.3. The molecule has 6 rings (SSSR count). The summed E-state index contributed by atoms with van der Waals surface area (Å²) in [5, 5.41) is 0. The first-order chi connectivity index (χ1) is 16.2. The van der Waals surface area contributed by atoms with Crippen molar-refractivity contribution in [3.05, 3.63) is 73.3 Å². The van der Waals surface area contributed by atoms with Crippen LogP contribution in [0.2, 0.25) is 0 Å². The fourth-order valence-electron chi connectivity index (χ4n) is 3.79. The maximum Gasteiger partial charge on any atom is 0.479 e. The second-order valence-electron chi connectivity index (χ2n) is 7.49. The fraction of sp³-hybridized carbons (Fsp3) is 0.0833. The van der Waals surface area contributed by atoms with E-state index in [9.17, 15) is 0 Å². The monoisotopic (exact) mass is 450 g/mol. The van der Waals surface area contributed by atoms with Gasteiger partial charge >= 0.3 is 35.3 Å². The Labute approximate surface area is 193 Å². The number of nitrogens with zero attached hydrogens (tertiary/aromatic N) is 8. The first kappa shape index (κ1) is 19.4. The second kappa shape index (κ2) is 7.69. The van der Waals surface area contributed by atoms with Crippen LogP contribution in [0.3, 0.4) is 0 Å². The predicted molar refractivity (Wildman–Crippen MR) is 126 cm³/mol. The van der Waals surface area contributed by atoms with Crippen LogP contribution in [0.15, 0.2) is 83.1 Å². The van der Waals surface area contributed by atoms with Gasteiger partial charge in [0, 0.05) is 31.9 Å². The topological polar surface area (TPSA) is 63.6 Å². The molecule has 2 aromatic heterocycles. The third-order valence-corrected chi connectivity index (χ3v) is 6.25. The van der Waals surface area contributed by atoms with E-state index in [-0.39, 0.29) is 0 Å². The van der Waals surface area contributed by atoms with Crippen LogP contribution in [0.4, 0.5) is 34.6 Å². The van der Waals surface area contributed by atoms with E-state index in [0.29, 0.717) is 0 Å². The van der Waals surface area contributed by atoms with Crippen LogP contribution in [-0.2, 0) is 0 Å². The van der Waals surface area contributed by atoms with Gasteiger partial charge in [-0.15, -0.1) is 9.15 Å². The molecular weight excluding hydrogens is 432 g/mol. The van der Waals surface area contributed by atoms with E-state index >= 15 is 0 Å². The van der Waals surface area contributed by atoms with Crippen molar-refractivity contribution in [1.29, 1.82) is 0 Å². The average Bonchev–Trinajstić information content (AvgIpc) is 3.37. The molecule has 0 unspecified atom stereocenters. The van der Waals surface area contributed by atoms with Gasteiger partial charge < -0.3 is 0 Å². The largest absolute Gasteiger partial charge is 0.479 e. The van der Waals surface area contributed by atoms with Gasteiger partial charge in [-0.2, -0.15) is 9.97 Å². The van der Waals surface area contributed by atoms with Gasteiger partial charge in [0.05, 0.1) is 12.4 Å². The minimum atomic E-state index is 0.771. The summed E-state index contributed by atoms with van der Waals surface area (Å²) in [7, 11) is 3.84. The first-order valence-electron chi connectivity index (χ1n) is 10.3. The summed E-state index contributed by atoms with van der Waals surface area (Å²) >= 11 is 1.69. The number of rotatable bonds is 4. The summed E-state index contributed by atoms with van der Waals surface area (Å²) in [6.07, 6.45) is 6.78. The molecule has 0 aliphatic carbocycles. The Bertz CT molecular complexity index is 1470. The third-order valence-electron chi connectivity index (χ3n) is 5.27. The van der Waals surface area contributed by atoms with E-state index in [1.165, 1.54) is 0 Å². The summed E-state index contributed by atoms with van der Waals surface area (Å²) in [4.78, 5) is 20.0. The van der Waals surface area contributed by atoms with Crippen LogP contribution in [0, 0.1) is 0 Å². The van der Waals surface area contributed by atoms with E-state index in [0.717, 1.165) is 44.4 Å². The highest BCUT2D eigenvalue weighted by Gasteiger charge is 2.36. The van der Waals surface area contributed by atoms with Gasteiger partial charge in [-0.1, -0.05) is 33.0 Å². The van der Waals surface area contributed by atoms with Crippen molar-refractivity contribution in [3.63, 3.8) is 0 Å². The van der Waals surface area contributed by atoms with Crippen LogP contribution in [0.25, 0.3) is 0 Å². The average molecular weight is 451 g/mol. The molecule has 0 bridgehead atoms. The van der Waals surface area contributed by atoms with Gasteiger partial charge in [0.2, 0.25) is 0 Å². The van der Waals surface area contributed by atoms with Gasteiger partial charge in [-0.05, 0) is 24.3 Å². The van der Waals surface area contributed by atoms with Crippen LogP contribution in [0.1, 0.15) is 0 Å². The van der Waals surface area contributed by atoms with E-state index in [2.05, 4.69) is 56.2 Å². The zero-order chi connectivity index (χ0) is 22.4. The van der Waals surface area contributed by atoms with E-state index < -0.39 is 0 Å². The zero-order valence-corrected chi connectivity index (χ0v) is 18.7. The molecule has 0 spiro atoms. The Morgan fingerprint density at radius 2 is 1.03 bits per heavy atom. The molecule has 0 amide bonds. The minimum Gasteiger partial charge on any atom is -0.196 e. The van der Waals surface area contributed by atoms with Gasteiger partial charge in [-0.3, -0.25) is 0 Å². The quantitative estimate of drug-likeness (QED) is 0.440. The molecule has 4 aromatic rings. The number of hydrogen-bond acceptors (Lipinski definition) is 5. The normalized spacial score (nSPS) is 13.6. The standard InChI is InChI=1S/C24H18N8S/c1-29-15-31(23-21(29)25-9-11-27-23)17-5-3-7-19(13-17)33-20-8-4-6-18(14-20)32-16-30(2)22-24(32)28-12-10-26-22/h3-14H,1-2H3/q+4. The van der Waals surface area contributed by atoms with Gasteiger partial charge in [0.1, 0.15) is 14.1 Å². The molecule has 0 radical (unpaired) electrons. The van der Waals surface area contributed by atoms with Gasteiger partial charge in [-0.25, -0.2) is 0 Å². The Balaban J connectivity index is 1.32. The summed E-state index contributed by atoms with van der Waals surface area (Å²) in [6.45, 7) is 0. The molecule has 0 fully saturated rings. The van der Waals surface area contributed by atoms with Crippen LogP contribution in [-0.4, -0.2) is 55.2 Å². The number of benzene rings is 2. The Hall–Kier alpha value is -4.29. The zero-order valence-electron chi connectivity index (χ0n) is 17.9. The Morgan fingerprint density at radius 3 is 1.48 bits per heavy atom. The molecule has 2 aromatic carbocycles. The lowest BCUT2D eigenvalue weighted by Crippen LogP contribution is -2.01. The Morgan fingerprint density at radius 1 is 0.606 bits per heavy atom. The highest BCUT2D eigenvalue weighted by atomic mass is 32.2. The molecule has 0 N–H and O–H groups in total. The van der Waals surface area contributed by atoms with Crippen molar-refractivity contribution >= 4 is 58.4 Å². The van der Waals surface area contributed by atoms with Crippen molar-refractivity contribution in [1.82, 2.24) is 29.1 Å². The van der Waals surface area contributed by atoms with Crippen molar-refractivity contribution in [2.45, 2.75) is 9.79 Å². The van der Waals surface area contributed by atoms with Crippen LogP contribution < -0.4 is 9.15 Å². The van der Waals surface area contributed by atoms with Crippen LogP contribution >= 0.6 is 11.8 Å². The summed E-state index contributed by atoms with van der Waals surface area (Å²) in [5.74, 6) is 3.12. The lowest BCUT2D eigenvalue weighted by Gasteiger charge is -2.03. The van der Waals surface area contributed by atoms with Crippen molar-refractivity contribution in [2.75, 3.05) is 14.1 Å². The lowest BCUT2D eigenvalue weighted by molar-refractivity contribution is -0.398. The highest BCUT2D eigenvalue weighted by Crippen LogP contribution is 2.35. The van der Waals surface area contributed by atoms with E-state index in [1.54, 1.807) is 36.5 Å². The van der Waals surface area contributed by atoms with Crippen LogP contribution in [0.5, 0.6) is 0 Å². The molecule has 0 atom stereocenters. The molecule has 0 saturated heterocycles. The predicted octanol–water partition coefficient (Wildman–Crippen LogP) is 4.01. The SMILES string of the molecule is C[N+]1=C=[N+](c2cccc(Sc3cccc([N+]4=C=[N+](C)c5nccnc54)c3)c2)c2nccnc21. The third kappa shape index (κ3) is 3.37. The summed E-state index contributed by atoms with van der Waals surface area (Å²) in [6, 6.07) is 23.2. The second-order valence-corrected chi connectivity index (χ2v) is 8.64. The van der Waals surface area contributed by atoms with E-state index in [1.807, 2.05) is 56.7 Å². The fourth-order valence-corrected chi connectivity index (χ4v) is 4.72. The smallest absolute Gasteiger partial charge is 0.196 e. The molecular formula is C24H18N8S+4. The number of hydrogen-bond donors (Lipinski definition) is 0. The van der Waals surface area contributed by atoms with Crippen molar-refractivity contribution in [3.8, 4) is 0 Å². The number of fused-ring (bicyclic) bond motifs is 2. The minimum absolute atomic E-state index is 0.771. The van der Waals surface area contributed by atoms with Crippen molar-refractivity contribution < 1.29 is 9.15 Å². The maximum absolute atomic E-state index is 4.49. The molecule has 33 heavy (non-hydrogen) atoms. The Kier molecular flexibility index (Phi) is 4.52. The van der Waals surface area contributed by atoms with Gasteiger partial charge in [0.15, 0.2) is 23.8 Å². The molecule has 2 aliphatic rings. The molecule has 0 saturated carbocycles. The molecule has 156 valence electrons. The summed E-state index contributed by atoms with van der Waals surface area (Å²) < 4.78 is 7.57. The first-order valence-corrected chi connectivity index (χ1v) is 11.1. The molecule has 8 nitrogen and oxygen atoms in total. The van der Waals surface area contributed by atoms with E-state index in [4.69, 9.17) is 0 Å². The summed E-state index contributed by atoms with van der Waals surface area (Å²) in [5.41, 5.74) is 1.96. The van der Waals surface area contributed by atoms with Crippen molar-refractivity contribution in [2.24, 2.45) is 0 Å². The van der Waals surface area contributed by atoms with Gasteiger partial charge in [0.25, 0.3) is 0 Å². The maximum atomic E-state index is 4.49. The number of aromatic nitrogens is 4.